The largest absolute Gasteiger partial charge is 0.390 e. The molecule has 0 saturated carbocycles. The SMILES string of the molecule is CCOCCCC(=O)NC1c2ccccc2CC1O. The first-order valence-corrected chi connectivity index (χ1v) is 6.85. The third-order valence-corrected chi connectivity index (χ3v) is 3.42. The van der Waals surface area contributed by atoms with E-state index in [-0.39, 0.29) is 11.9 Å². The summed E-state index contributed by atoms with van der Waals surface area (Å²) in [6.07, 6.45) is 1.24. The molecule has 4 heteroatoms. The van der Waals surface area contributed by atoms with Crippen molar-refractivity contribution in [3.8, 4) is 0 Å². The van der Waals surface area contributed by atoms with Gasteiger partial charge in [0.25, 0.3) is 0 Å². The summed E-state index contributed by atoms with van der Waals surface area (Å²) in [5.74, 6) is -0.0274. The Morgan fingerprint density at radius 1 is 1.47 bits per heavy atom. The fourth-order valence-corrected chi connectivity index (χ4v) is 2.47. The molecular formula is C15H21NO3. The van der Waals surface area contributed by atoms with Crippen LogP contribution in [-0.4, -0.2) is 30.3 Å². The van der Waals surface area contributed by atoms with Crippen LogP contribution >= 0.6 is 0 Å². The molecule has 0 fully saturated rings. The first-order chi connectivity index (χ1) is 9.22. The molecule has 4 nitrogen and oxygen atoms in total. The van der Waals surface area contributed by atoms with E-state index < -0.39 is 6.10 Å². The summed E-state index contributed by atoms with van der Waals surface area (Å²) >= 11 is 0. The third-order valence-electron chi connectivity index (χ3n) is 3.42. The van der Waals surface area contributed by atoms with E-state index in [9.17, 15) is 9.90 Å². The molecule has 0 spiro atoms. The zero-order valence-electron chi connectivity index (χ0n) is 11.3. The Morgan fingerprint density at radius 2 is 2.26 bits per heavy atom. The molecule has 0 radical (unpaired) electrons. The monoisotopic (exact) mass is 263 g/mol. The lowest BCUT2D eigenvalue weighted by molar-refractivity contribution is -0.123. The average Bonchev–Trinajstić information content (AvgIpc) is 2.72. The molecule has 0 aliphatic heterocycles. The van der Waals surface area contributed by atoms with Gasteiger partial charge in [-0.2, -0.15) is 0 Å². The van der Waals surface area contributed by atoms with Crippen LogP contribution in [0.2, 0.25) is 0 Å². The van der Waals surface area contributed by atoms with Gasteiger partial charge in [-0.1, -0.05) is 24.3 Å². The number of nitrogens with one attached hydrogen (secondary N) is 1. The average molecular weight is 263 g/mol. The van der Waals surface area contributed by atoms with E-state index in [0.29, 0.717) is 32.5 Å². The quantitative estimate of drug-likeness (QED) is 0.766. The molecular weight excluding hydrogens is 242 g/mol. The molecule has 2 unspecified atom stereocenters. The van der Waals surface area contributed by atoms with Crippen LogP contribution in [0, 0.1) is 0 Å². The molecule has 0 saturated heterocycles. The number of fused-ring (bicyclic) bond motifs is 1. The van der Waals surface area contributed by atoms with E-state index in [4.69, 9.17) is 4.74 Å². The highest BCUT2D eigenvalue weighted by molar-refractivity contribution is 5.76. The van der Waals surface area contributed by atoms with Crippen LogP contribution in [-0.2, 0) is 16.0 Å². The summed E-state index contributed by atoms with van der Waals surface area (Å²) in [5, 5.41) is 12.9. The fraction of sp³-hybridized carbons (Fsp3) is 0.533. The lowest BCUT2D eigenvalue weighted by atomic mass is 10.1. The van der Waals surface area contributed by atoms with Crippen LogP contribution in [0.3, 0.4) is 0 Å². The van der Waals surface area contributed by atoms with Crippen LogP contribution in [0.1, 0.15) is 36.9 Å². The minimum atomic E-state index is -0.520. The Hall–Kier alpha value is -1.39. The van der Waals surface area contributed by atoms with Crippen LogP contribution in [0.4, 0.5) is 0 Å². The van der Waals surface area contributed by atoms with Crippen LogP contribution < -0.4 is 5.32 Å². The van der Waals surface area contributed by atoms with Crippen molar-refractivity contribution in [3.05, 3.63) is 35.4 Å². The van der Waals surface area contributed by atoms with Crippen molar-refractivity contribution in [3.63, 3.8) is 0 Å². The number of ether oxygens (including phenoxy) is 1. The zero-order valence-corrected chi connectivity index (χ0v) is 11.3. The number of aliphatic hydroxyl groups is 1. The van der Waals surface area contributed by atoms with E-state index >= 15 is 0 Å². The lowest BCUT2D eigenvalue weighted by Gasteiger charge is -2.17. The summed E-state index contributed by atoms with van der Waals surface area (Å²) in [7, 11) is 0. The van der Waals surface area contributed by atoms with Crippen LogP contribution in [0.5, 0.6) is 0 Å². The Bertz CT molecular complexity index is 433. The summed E-state index contributed by atoms with van der Waals surface area (Å²) < 4.78 is 5.20. The van der Waals surface area contributed by atoms with Gasteiger partial charge in [-0.3, -0.25) is 4.79 Å². The summed E-state index contributed by atoms with van der Waals surface area (Å²) in [5.41, 5.74) is 2.16. The summed E-state index contributed by atoms with van der Waals surface area (Å²) in [6, 6.07) is 7.59. The lowest BCUT2D eigenvalue weighted by Crippen LogP contribution is -2.33. The van der Waals surface area contributed by atoms with Gasteiger partial charge in [0, 0.05) is 26.1 Å². The molecule has 104 valence electrons. The standard InChI is InChI=1S/C15H21NO3/c1-2-19-9-5-8-14(18)16-15-12-7-4-3-6-11(12)10-13(15)17/h3-4,6-7,13,15,17H,2,5,8-10H2,1H3,(H,16,18). The fourth-order valence-electron chi connectivity index (χ4n) is 2.47. The van der Waals surface area contributed by atoms with Gasteiger partial charge < -0.3 is 15.2 Å². The Labute approximate surface area is 113 Å². The van der Waals surface area contributed by atoms with Gasteiger partial charge in [0.2, 0.25) is 5.91 Å². The Morgan fingerprint density at radius 3 is 3.05 bits per heavy atom. The number of carbonyl (C=O) groups excluding carboxylic acids is 1. The van der Waals surface area contributed by atoms with Crippen molar-refractivity contribution in [1.29, 1.82) is 0 Å². The topological polar surface area (TPSA) is 58.6 Å². The molecule has 1 amide bonds. The second-order valence-electron chi connectivity index (χ2n) is 4.82. The number of benzene rings is 1. The molecule has 0 bridgehead atoms. The number of amides is 1. The highest BCUT2D eigenvalue weighted by Crippen LogP contribution is 2.31. The van der Waals surface area contributed by atoms with E-state index in [1.54, 1.807) is 0 Å². The van der Waals surface area contributed by atoms with Gasteiger partial charge in [-0.05, 0) is 24.5 Å². The molecule has 0 heterocycles. The summed E-state index contributed by atoms with van der Waals surface area (Å²) in [6.45, 7) is 3.22. The predicted molar refractivity (Wildman–Crippen MR) is 72.8 cm³/mol. The second kappa shape index (κ2) is 6.68. The molecule has 1 aliphatic carbocycles. The smallest absolute Gasteiger partial charge is 0.220 e. The minimum Gasteiger partial charge on any atom is -0.390 e. The third kappa shape index (κ3) is 3.55. The summed E-state index contributed by atoms with van der Waals surface area (Å²) in [4.78, 5) is 11.8. The highest BCUT2D eigenvalue weighted by Gasteiger charge is 2.31. The van der Waals surface area contributed by atoms with Crippen molar-refractivity contribution in [2.45, 2.75) is 38.3 Å². The van der Waals surface area contributed by atoms with Gasteiger partial charge in [0.05, 0.1) is 12.1 Å². The van der Waals surface area contributed by atoms with Crippen molar-refractivity contribution >= 4 is 5.91 Å². The number of hydrogen-bond donors (Lipinski definition) is 2. The normalized spacial score (nSPS) is 21.2. The first kappa shape index (κ1) is 14.0. The maximum absolute atomic E-state index is 11.8. The number of hydrogen-bond acceptors (Lipinski definition) is 3. The molecule has 2 N–H and O–H groups in total. The first-order valence-electron chi connectivity index (χ1n) is 6.85. The highest BCUT2D eigenvalue weighted by atomic mass is 16.5. The van der Waals surface area contributed by atoms with Gasteiger partial charge in [-0.15, -0.1) is 0 Å². The van der Waals surface area contributed by atoms with Crippen molar-refractivity contribution in [1.82, 2.24) is 5.32 Å². The zero-order chi connectivity index (χ0) is 13.7. The van der Waals surface area contributed by atoms with Gasteiger partial charge in [0.1, 0.15) is 0 Å². The molecule has 19 heavy (non-hydrogen) atoms. The van der Waals surface area contributed by atoms with E-state index in [1.165, 1.54) is 0 Å². The second-order valence-corrected chi connectivity index (χ2v) is 4.82. The van der Waals surface area contributed by atoms with Gasteiger partial charge in [0.15, 0.2) is 0 Å². The van der Waals surface area contributed by atoms with E-state index in [0.717, 1.165) is 11.1 Å². The number of aliphatic hydroxyl groups excluding tert-OH is 1. The van der Waals surface area contributed by atoms with Crippen LogP contribution in [0.25, 0.3) is 0 Å². The van der Waals surface area contributed by atoms with E-state index in [2.05, 4.69) is 5.32 Å². The van der Waals surface area contributed by atoms with Crippen molar-refractivity contribution in [2.24, 2.45) is 0 Å². The molecule has 1 aliphatic rings. The maximum Gasteiger partial charge on any atom is 0.220 e. The Balaban J connectivity index is 1.87. The minimum absolute atomic E-state index is 0.0274. The Kier molecular flexibility index (Phi) is 4.93. The maximum atomic E-state index is 11.8. The molecule has 1 aromatic carbocycles. The molecule has 0 aromatic heterocycles. The van der Waals surface area contributed by atoms with Gasteiger partial charge in [-0.25, -0.2) is 0 Å². The van der Waals surface area contributed by atoms with Gasteiger partial charge >= 0.3 is 0 Å². The molecule has 1 aromatic rings. The van der Waals surface area contributed by atoms with Crippen molar-refractivity contribution in [2.75, 3.05) is 13.2 Å². The predicted octanol–water partition coefficient (Wildman–Crippen LogP) is 1.58. The number of carbonyl (C=O) groups is 1. The number of rotatable bonds is 6. The van der Waals surface area contributed by atoms with Crippen LogP contribution in [0.15, 0.2) is 24.3 Å². The van der Waals surface area contributed by atoms with E-state index in [1.807, 2.05) is 31.2 Å². The molecule has 2 rings (SSSR count). The van der Waals surface area contributed by atoms with Crippen molar-refractivity contribution < 1.29 is 14.6 Å². The molecule has 2 atom stereocenters.